The molecular weight excluding hydrogens is 514 g/mol. The molecule has 1 saturated heterocycles. The number of hydrogen-bond acceptors (Lipinski definition) is 5. The van der Waals surface area contributed by atoms with Crippen LogP contribution in [0.3, 0.4) is 0 Å². The van der Waals surface area contributed by atoms with Gasteiger partial charge < -0.3 is 25.6 Å². The molecule has 0 spiro atoms. The second-order valence-electron chi connectivity index (χ2n) is 8.35. The molecule has 2 atom stereocenters. The maximum Gasteiger partial charge on any atom is 0.409 e. The van der Waals surface area contributed by atoms with E-state index in [1.54, 1.807) is 0 Å². The van der Waals surface area contributed by atoms with E-state index in [0.717, 1.165) is 11.1 Å². The molecule has 3 heterocycles. The third-order valence-corrected chi connectivity index (χ3v) is 6.24. The molecule has 0 unspecified atom stereocenters. The summed E-state index contributed by atoms with van der Waals surface area (Å²) in [5, 5.41) is 13.9. The fourth-order valence-corrected chi connectivity index (χ4v) is 4.42. The minimum absolute atomic E-state index is 0.0910. The van der Waals surface area contributed by atoms with Gasteiger partial charge in [0.05, 0.1) is 22.8 Å². The number of alkyl halides is 1. The van der Waals surface area contributed by atoms with Gasteiger partial charge in [-0.2, -0.15) is 0 Å². The molecule has 14 heteroatoms. The number of nitrogens with one attached hydrogen (secondary N) is 2. The summed E-state index contributed by atoms with van der Waals surface area (Å²) in [6, 6.07) is 4.65. The molecule has 1 aromatic carbocycles. The molecule has 2 aromatic heterocycles. The number of nitrogens with two attached hydrogens (primary N) is 1. The number of anilines is 1. The number of likely N-dealkylation sites (tertiary alicyclic amines) is 1. The van der Waals surface area contributed by atoms with Crippen molar-refractivity contribution < 1.29 is 33.1 Å². The molecule has 1 aliphatic rings. The number of fused-ring (bicyclic) bond motifs is 1. The zero-order chi connectivity index (χ0) is 26.9. The summed E-state index contributed by atoms with van der Waals surface area (Å²) in [5.41, 5.74) is 5.35. The zero-order valence-corrected chi connectivity index (χ0v) is 19.8. The second kappa shape index (κ2) is 10.4. The minimum atomic E-state index is -1.44. The van der Waals surface area contributed by atoms with E-state index < -0.39 is 41.8 Å². The van der Waals surface area contributed by atoms with Crippen molar-refractivity contribution in [3.63, 3.8) is 0 Å². The van der Waals surface area contributed by atoms with Gasteiger partial charge in [-0.05, 0) is 12.1 Å². The van der Waals surface area contributed by atoms with Crippen LogP contribution in [0.2, 0.25) is 5.02 Å². The Morgan fingerprint density at radius 2 is 2.00 bits per heavy atom. The molecule has 0 saturated carbocycles. The SMILES string of the molecule is NC(=O)c1cnc2c(ccn2CC(=O)N2C[C@H](F)C[C@H]2C(=O)NCc2cccc(Cl)c2F)c1NC(=O)O. The highest BCUT2D eigenvalue weighted by Gasteiger charge is 2.39. The largest absolute Gasteiger partial charge is 0.465 e. The lowest BCUT2D eigenvalue weighted by Crippen LogP contribution is -2.46. The minimum Gasteiger partial charge on any atom is -0.465 e. The van der Waals surface area contributed by atoms with Gasteiger partial charge in [-0.25, -0.2) is 18.6 Å². The van der Waals surface area contributed by atoms with Crippen LogP contribution in [-0.2, 0) is 22.7 Å². The van der Waals surface area contributed by atoms with E-state index in [1.165, 1.54) is 35.0 Å². The van der Waals surface area contributed by atoms with E-state index in [0.29, 0.717) is 0 Å². The van der Waals surface area contributed by atoms with E-state index in [4.69, 9.17) is 22.4 Å². The lowest BCUT2D eigenvalue weighted by atomic mass is 10.1. The first kappa shape index (κ1) is 25.8. The first-order valence-electron chi connectivity index (χ1n) is 11.0. The molecule has 1 fully saturated rings. The highest BCUT2D eigenvalue weighted by molar-refractivity contribution is 6.30. The molecule has 4 amide bonds. The molecular formula is C23H21ClF2N6O5. The topological polar surface area (TPSA) is 160 Å². The van der Waals surface area contributed by atoms with E-state index >= 15 is 0 Å². The van der Waals surface area contributed by atoms with Crippen LogP contribution in [0.25, 0.3) is 11.0 Å². The number of carbonyl (C=O) groups excluding carboxylic acids is 3. The zero-order valence-electron chi connectivity index (χ0n) is 19.1. The number of amides is 4. The Kier molecular flexibility index (Phi) is 7.25. The molecule has 5 N–H and O–H groups in total. The van der Waals surface area contributed by atoms with Crippen molar-refractivity contribution in [1.82, 2.24) is 19.8 Å². The van der Waals surface area contributed by atoms with E-state index in [9.17, 15) is 28.0 Å². The number of carboxylic acid groups (broad SMARTS) is 1. The van der Waals surface area contributed by atoms with Crippen molar-refractivity contribution in [2.75, 3.05) is 11.9 Å². The number of primary amides is 1. The van der Waals surface area contributed by atoms with Crippen LogP contribution in [0.15, 0.2) is 36.7 Å². The smallest absolute Gasteiger partial charge is 0.409 e. The summed E-state index contributed by atoms with van der Waals surface area (Å²) in [5.74, 6) is -2.84. The van der Waals surface area contributed by atoms with Gasteiger partial charge in [0.25, 0.3) is 5.91 Å². The average Bonchev–Trinajstić information content (AvgIpc) is 3.43. The van der Waals surface area contributed by atoms with Crippen LogP contribution < -0.4 is 16.4 Å². The lowest BCUT2D eigenvalue weighted by molar-refractivity contribution is -0.139. The third-order valence-electron chi connectivity index (χ3n) is 5.95. The van der Waals surface area contributed by atoms with Gasteiger partial charge in [0, 0.05) is 36.3 Å². The summed E-state index contributed by atoms with van der Waals surface area (Å²) in [6.07, 6.45) is -0.583. The van der Waals surface area contributed by atoms with Crippen molar-refractivity contribution in [3.8, 4) is 0 Å². The Bertz CT molecular complexity index is 1410. The van der Waals surface area contributed by atoms with Crippen molar-refractivity contribution in [2.45, 2.75) is 31.7 Å². The van der Waals surface area contributed by atoms with Crippen molar-refractivity contribution in [1.29, 1.82) is 0 Å². The number of nitrogens with zero attached hydrogens (tertiary/aromatic N) is 3. The number of benzene rings is 1. The monoisotopic (exact) mass is 534 g/mol. The van der Waals surface area contributed by atoms with Crippen molar-refractivity contribution in [2.24, 2.45) is 5.73 Å². The number of carbonyl (C=O) groups is 4. The van der Waals surface area contributed by atoms with Gasteiger partial charge in [0.1, 0.15) is 30.2 Å². The Morgan fingerprint density at radius 3 is 2.70 bits per heavy atom. The number of hydrogen-bond donors (Lipinski definition) is 4. The van der Waals surface area contributed by atoms with E-state index in [2.05, 4.69) is 15.6 Å². The predicted molar refractivity (Wildman–Crippen MR) is 128 cm³/mol. The molecule has 0 radical (unpaired) electrons. The fourth-order valence-electron chi connectivity index (χ4n) is 4.23. The van der Waals surface area contributed by atoms with Crippen LogP contribution in [0.4, 0.5) is 19.3 Å². The van der Waals surface area contributed by atoms with Gasteiger partial charge in [-0.15, -0.1) is 0 Å². The van der Waals surface area contributed by atoms with Gasteiger partial charge in [0.2, 0.25) is 11.8 Å². The molecule has 11 nitrogen and oxygen atoms in total. The van der Waals surface area contributed by atoms with Crippen LogP contribution >= 0.6 is 11.6 Å². The molecule has 3 aromatic rings. The normalized spacial score (nSPS) is 17.1. The Balaban J connectivity index is 1.52. The van der Waals surface area contributed by atoms with Crippen LogP contribution in [0.1, 0.15) is 22.3 Å². The lowest BCUT2D eigenvalue weighted by Gasteiger charge is -2.24. The standard InChI is InChI=1S/C23H21ClF2N6O5/c24-15-3-1-2-11(18(15)26)7-29-22(35)16-6-12(25)9-32(16)17(33)10-31-5-4-13-19(30-23(36)37)14(20(27)34)8-28-21(13)31/h1-5,8,12,16H,6-7,9-10H2,(H2,27,34)(H,28,30)(H,29,35)(H,36,37)/t12-,16+/m1/s1. The maximum atomic E-state index is 14.3. The van der Waals surface area contributed by atoms with E-state index in [1.807, 2.05) is 0 Å². The Morgan fingerprint density at radius 1 is 1.24 bits per heavy atom. The van der Waals surface area contributed by atoms with Gasteiger partial charge in [-0.1, -0.05) is 23.7 Å². The summed E-state index contributed by atoms with van der Waals surface area (Å²) in [7, 11) is 0. The van der Waals surface area contributed by atoms with Gasteiger partial charge >= 0.3 is 6.09 Å². The predicted octanol–water partition coefficient (Wildman–Crippen LogP) is 2.27. The Labute approximate surface area is 213 Å². The summed E-state index contributed by atoms with van der Waals surface area (Å²) in [4.78, 5) is 54.0. The average molecular weight is 535 g/mol. The number of aromatic nitrogens is 2. The number of pyridine rings is 1. The first-order valence-corrected chi connectivity index (χ1v) is 11.4. The van der Waals surface area contributed by atoms with Gasteiger partial charge in [0.15, 0.2) is 0 Å². The number of rotatable bonds is 7. The summed E-state index contributed by atoms with van der Waals surface area (Å²) < 4.78 is 29.8. The quantitative estimate of drug-likeness (QED) is 0.364. The Hall–Kier alpha value is -4.26. The number of halogens is 3. The highest BCUT2D eigenvalue weighted by Crippen LogP contribution is 2.28. The van der Waals surface area contributed by atoms with Crippen LogP contribution in [0, 0.1) is 5.82 Å². The van der Waals surface area contributed by atoms with Crippen LogP contribution in [-0.4, -0.2) is 62.1 Å². The fraction of sp³-hybridized carbons (Fsp3) is 0.261. The maximum absolute atomic E-state index is 14.3. The summed E-state index contributed by atoms with van der Waals surface area (Å²) in [6.45, 7) is -0.862. The summed E-state index contributed by atoms with van der Waals surface area (Å²) >= 11 is 5.75. The molecule has 0 bridgehead atoms. The molecule has 37 heavy (non-hydrogen) atoms. The molecule has 0 aliphatic carbocycles. The third kappa shape index (κ3) is 5.31. The molecule has 4 rings (SSSR count). The second-order valence-corrected chi connectivity index (χ2v) is 8.76. The first-order chi connectivity index (χ1) is 17.6. The van der Waals surface area contributed by atoms with Crippen molar-refractivity contribution in [3.05, 3.63) is 58.6 Å². The van der Waals surface area contributed by atoms with Crippen LogP contribution in [0.5, 0.6) is 0 Å². The van der Waals surface area contributed by atoms with E-state index in [-0.39, 0.29) is 58.9 Å². The van der Waals surface area contributed by atoms with Crippen molar-refractivity contribution >= 4 is 52.1 Å². The highest BCUT2D eigenvalue weighted by atomic mass is 35.5. The van der Waals surface area contributed by atoms with Gasteiger partial charge in [-0.3, -0.25) is 19.7 Å². The molecule has 194 valence electrons. The molecule has 1 aliphatic heterocycles.